The number of hydrogen-bond acceptors (Lipinski definition) is 3. The molecular formula is C14H18N2S. The van der Waals surface area contributed by atoms with Gasteiger partial charge >= 0.3 is 0 Å². The van der Waals surface area contributed by atoms with Gasteiger partial charge < -0.3 is 5.32 Å². The number of hydrogen-bond donors (Lipinski definition) is 1. The number of thiazole rings is 1. The second-order valence-electron chi connectivity index (χ2n) is 4.48. The SMILES string of the molecule is Cc1cc(C)cc(CNCc2nc(C)cs2)c1. The summed E-state index contributed by atoms with van der Waals surface area (Å²) in [5, 5.41) is 6.68. The van der Waals surface area contributed by atoms with Crippen LogP contribution in [0, 0.1) is 20.8 Å². The highest BCUT2D eigenvalue weighted by atomic mass is 32.1. The Morgan fingerprint density at radius 2 is 1.76 bits per heavy atom. The minimum atomic E-state index is 0.853. The molecule has 1 heterocycles. The van der Waals surface area contributed by atoms with E-state index >= 15 is 0 Å². The highest BCUT2D eigenvalue weighted by Crippen LogP contribution is 2.10. The van der Waals surface area contributed by atoms with Gasteiger partial charge in [0.1, 0.15) is 5.01 Å². The van der Waals surface area contributed by atoms with Crippen molar-refractivity contribution in [2.45, 2.75) is 33.9 Å². The van der Waals surface area contributed by atoms with Crippen LogP contribution in [0.3, 0.4) is 0 Å². The van der Waals surface area contributed by atoms with E-state index in [0.717, 1.165) is 23.8 Å². The third-order valence-electron chi connectivity index (χ3n) is 2.55. The third-order valence-corrected chi connectivity index (χ3v) is 3.52. The zero-order valence-corrected chi connectivity index (χ0v) is 11.4. The van der Waals surface area contributed by atoms with E-state index in [-0.39, 0.29) is 0 Å². The molecule has 0 amide bonds. The van der Waals surface area contributed by atoms with E-state index in [0.29, 0.717) is 0 Å². The normalized spacial score (nSPS) is 10.8. The van der Waals surface area contributed by atoms with Crippen molar-refractivity contribution in [2.24, 2.45) is 0 Å². The first-order valence-corrected chi connectivity index (χ1v) is 6.70. The van der Waals surface area contributed by atoms with Crippen molar-refractivity contribution >= 4 is 11.3 Å². The van der Waals surface area contributed by atoms with Crippen LogP contribution in [0.5, 0.6) is 0 Å². The Balaban J connectivity index is 1.89. The Kier molecular flexibility index (Phi) is 3.92. The Hall–Kier alpha value is -1.19. The van der Waals surface area contributed by atoms with Crippen LogP contribution < -0.4 is 5.32 Å². The molecule has 0 aliphatic heterocycles. The monoisotopic (exact) mass is 246 g/mol. The summed E-state index contributed by atoms with van der Waals surface area (Å²) in [6.07, 6.45) is 0. The quantitative estimate of drug-likeness (QED) is 0.894. The molecule has 2 rings (SSSR count). The first-order chi connectivity index (χ1) is 8.13. The van der Waals surface area contributed by atoms with Gasteiger partial charge in [0.05, 0.1) is 0 Å². The number of rotatable bonds is 4. The van der Waals surface area contributed by atoms with Gasteiger partial charge in [-0.2, -0.15) is 0 Å². The standard InChI is InChI=1S/C14H18N2S/c1-10-4-11(2)6-13(5-10)7-15-8-14-16-12(3)9-17-14/h4-6,9,15H,7-8H2,1-3H3. The van der Waals surface area contributed by atoms with Crippen molar-refractivity contribution in [3.8, 4) is 0 Å². The molecule has 2 nitrogen and oxygen atoms in total. The van der Waals surface area contributed by atoms with Crippen molar-refractivity contribution in [3.63, 3.8) is 0 Å². The van der Waals surface area contributed by atoms with E-state index in [1.54, 1.807) is 11.3 Å². The van der Waals surface area contributed by atoms with Gasteiger partial charge in [0, 0.05) is 24.2 Å². The summed E-state index contributed by atoms with van der Waals surface area (Å²) in [6.45, 7) is 8.07. The summed E-state index contributed by atoms with van der Waals surface area (Å²) < 4.78 is 0. The fourth-order valence-corrected chi connectivity index (χ4v) is 2.71. The number of aromatic nitrogens is 1. The van der Waals surface area contributed by atoms with Crippen molar-refractivity contribution in [2.75, 3.05) is 0 Å². The molecule has 0 bridgehead atoms. The lowest BCUT2D eigenvalue weighted by Crippen LogP contribution is -2.12. The first kappa shape index (κ1) is 12.3. The summed E-state index contributed by atoms with van der Waals surface area (Å²) in [5.41, 5.74) is 5.10. The molecular weight excluding hydrogens is 228 g/mol. The lowest BCUT2D eigenvalue weighted by Gasteiger charge is -2.05. The lowest BCUT2D eigenvalue weighted by atomic mass is 10.1. The maximum absolute atomic E-state index is 4.43. The number of nitrogens with one attached hydrogen (secondary N) is 1. The zero-order valence-electron chi connectivity index (χ0n) is 10.6. The smallest absolute Gasteiger partial charge is 0.107 e. The molecule has 3 heteroatoms. The topological polar surface area (TPSA) is 24.9 Å². The van der Waals surface area contributed by atoms with Crippen molar-refractivity contribution < 1.29 is 0 Å². The molecule has 0 fully saturated rings. The third kappa shape index (κ3) is 3.65. The van der Waals surface area contributed by atoms with Gasteiger partial charge in [-0.05, 0) is 26.3 Å². The van der Waals surface area contributed by atoms with E-state index in [1.165, 1.54) is 16.7 Å². The van der Waals surface area contributed by atoms with Crippen LogP contribution in [0.2, 0.25) is 0 Å². The Bertz CT molecular complexity index is 482. The summed E-state index contributed by atoms with van der Waals surface area (Å²) in [4.78, 5) is 4.43. The van der Waals surface area contributed by atoms with Crippen LogP contribution in [-0.4, -0.2) is 4.98 Å². The maximum atomic E-state index is 4.43. The second kappa shape index (κ2) is 5.43. The molecule has 0 saturated heterocycles. The van der Waals surface area contributed by atoms with Crippen LogP contribution in [0.4, 0.5) is 0 Å². The zero-order chi connectivity index (χ0) is 12.3. The summed E-state index contributed by atoms with van der Waals surface area (Å²) in [6, 6.07) is 6.66. The molecule has 0 unspecified atom stereocenters. The molecule has 2 aromatic rings. The maximum Gasteiger partial charge on any atom is 0.107 e. The largest absolute Gasteiger partial charge is 0.306 e. The van der Waals surface area contributed by atoms with Gasteiger partial charge in [0.15, 0.2) is 0 Å². The van der Waals surface area contributed by atoms with E-state index in [2.05, 4.69) is 47.7 Å². The number of nitrogens with zero attached hydrogens (tertiary/aromatic N) is 1. The van der Waals surface area contributed by atoms with E-state index in [1.807, 2.05) is 6.92 Å². The molecule has 0 spiro atoms. The van der Waals surface area contributed by atoms with E-state index in [9.17, 15) is 0 Å². The van der Waals surface area contributed by atoms with Crippen LogP contribution >= 0.6 is 11.3 Å². The first-order valence-electron chi connectivity index (χ1n) is 5.82. The van der Waals surface area contributed by atoms with Crippen molar-refractivity contribution in [3.05, 3.63) is 51.0 Å². The molecule has 0 radical (unpaired) electrons. The number of aryl methyl sites for hydroxylation is 3. The Morgan fingerprint density at radius 3 is 2.35 bits per heavy atom. The van der Waals surface area contributed by atoms with Gasteiger partial charge in [-0.3, -0.25) is 0 Å². The van der Waals surface area contributed by atoms with Gasteiger partial charge in [-0.1, -0.05) is 29.3 Å². The highest BCUT2D eigenvalue weighted by Gasteiger charge is 1.99. The summed E-state index contributed by atoms with van der Waals surface area (Å²) in [5.74, 6) is 0. The molecule has 1 aromatic heterocycles. The van der Waals surface area contributed by atoms with E-state index in [4.69, 9.17) is 0 Å². The number of benzene rings is 1. The van der Waals surface area contributed by atoms with Crippen LogP contribution in [0.25, 0.3) is 0 Å². The van der Waals surface area contributed by atoms with Crippen molar-refractivity contribution in [1.82, 2.24) is 10.3 Å². The summed E-state index contributed by atoms with van der Waals surface area (Å²) >= 11 is 1.72. The minimum absolute atomic E-state index is 0.853. The average Bonchev–Trinajstić information content (AvgIpc) is 2.63. The van der Waals surface area contributed by atoms with Gasteiger partial charge in [-0.15, -0.1) is 11.3 Å². The van der Waals surface area contributed by atoms with Crippen molar-refractivity contribution in [1.29, 1.82) is 0 Å². The Morgan fingerprint density at radius 1 is 1.06 bits per heavy atom. The molecule has 1 N–H and O–H groups in total. The van der Waals surface area contributed by atoms with Gasteiger partial charge in [0.2, 0.25) is 0 Å². The molecule has 0 aliphatic rings. The fraction of sp³-hybridized carbons (Fsp3) is 0.357. The average molecular weight is 246 g/mol. The minimum Gasteiger partial charge on any atom is -0.306 e. The molecule has 0 aliphatic carbocycles. The molecule has 0 saturated carbocycles. The molecule has 0 atom stereocenters. The van der Waals surface area contributed by atoms with Crippen LogP contribution in [0.15, 0.2) is 23.6 Å². The van der Waals surface area contributed by atoms with Crippen LogP contribution in [0.1, 0.15) is 27.4 Å². The lowest BCUT2D eigenvalue weighted by molar-refractivity contribution is 0.688. The fourth-order valence-electron chi connectivity index (χ4n) is 1.97. The van der Waals surface area contributed by atoms with E-state index < -0.39 is 0 Å². The molecule has 1 aromatic carbocycles. The molecule has 90 valence electrons. The highest BCUT2D eigenvalue weighted by molar-refractivity contribution is 7.09. The van der Waals surface area contributed by atoms with Crippen LogP contribution in [-0.2, 0) is 13.1 Å². The predicted octanol–water partition coefficient (Wildman–Crippen LogP) is 3.36. The Labute approximate surface area is 107 Å². The second-order valence-corrected chi connectivity index (χ2v) is 5.42. The van der Waals surface area contributed by atoms with Gasteiger partial charge in [-0.25, -0.2) is 4.98 Å². The van der Waals surface area contributed by atoms with Gasteiger partial charge in [0.25, 0.3) is 0 Å². The molecule has 17 heavy (non-hydrogen) atoms. The predicted molar refractivity (Wildman–Crippen MR) is 73.3 cm³/mol. The summed E-state index contributed by atoms with van der Waals surface area (Å²) in [7, 11) is 0.